The minimum Gasteiger partial charge on any atom is -0.383 e. The van der Waals surface area contributed by atoms with Crippen LogP contribution >= 0.6 is 0 Å². The number of halogens is 1. The Morgan fingerprint density at radius 3 is 2.86 bits per heavy atom. The van der Waals surface area contributed by atoms with Crippen LogP contribution in [0.25, 0.3) is 0 Å². The van der Waals surface area contributed by atoms with Crippen molar-refractivity contribution >= 4 is 10.0 Å². The molecule has 0 saturated heterocycles. The molecule has 1 atom stereocenters. The summed E-state index contributed by atoms with van der Waals surface area (Å²) in [6.45, 7) is 0.228. The van der Waals surface area contributed by atoms with Crippen LogP contribution < -0.4 is 4.72 Å². The van der Waals surface area contributed by atoms with Crippen LogP contribution in [0.1, 0.15) is 42.9 Å². The Labute approximate surface area is 124 Å². The molecular weight excluding hydrogens is 293 g/mol. The zero-order valence-electron chi connectivity index (χ0n) is 12.1. The smallest absolute Gasteiger partial charge is 0.220 e. The van der Waals surface area contributed by atoms with Crippen molar-refractivity contribution in [1.82, 2.24) is 4.72 Å². The summed E-state index contributed by atoms with van der Waals surface area (Å²) in [7, 11) is -1.91. The molecule has 1 aromatic rings. The fourth-order valence-electron chi connectivity index (χ4n) is 3.11. The van der Waals surface area contributed by atoms with E-state index in [-0.39, 0.29) is 18.5 Å². The van der Waals surface area contributed by atoms with E-state index in [9.17, 15) is 12.8 Å². The lowest BCUT2D eigenvalue weighted by Gasteiger charge is -2.28. The van der Waals surface area contributed by atoms with Gasteiger partial charge in [0.15, 0.2) is 0 Å². The molecule has 6 heteroatoms. The lowest BCUT2D eigenvalue weighted by molar-refractivity contribution is 0.191. The van der Waals surface area contributed by atoms with Gasteiger partial charge in [0.25, 0.3) is 0 Å². The number of fused-ring (bicyclic) bond motifs is 1. The minimum absolute atomic E-state index is 0.228. The van der Waals surface area contributed by atoms with Gasteiger partial charge in [0.2, 0.25) is 10.0 Å². The molecule has 1 unspecified atom stereocenters. The first-order valence-electron chi connectivity index (χ1n) is 7.27. The number of rotatable bonds is 5. The van der Waals surface area contributed by atoms with Gasteiger partial charge in [-0.2, -0.15) is 0 Å². The van der Waals surface area contributed by atoms with Crippen molar-refractivity contribution in [1.29, 1.82) is 0 Å². The molecule has 0 aliphatic heterocycles. The molecule has 3 rings (SSSR count). The molecule has 116 valence electrons. The topological polar surface area (TPSA) is 55.4 Å². The highest BCUT2D eigenvalue weighted by molar-refractivity contribution is 7.91. The molecule has 4 nitrogen and oxygen atoms in total. The molecule has 2 aliphatic carbocycles. The van der Waals surface area contributed by atoms with Crippen molar-refractivity contribution in [3.63, 3.8) is 0 Å². The summed E-state index contributed by atoms with van der Waals surface area (Å²) in [6.07, 6.45) is 3.69. The zero-order chi connectivity index (χ0) is 15.1. The van der Waals surface area contributed by atoms with Gasteiger partial charge in [0, 0.05) is 13.2 Å². The van der Waals surface area contributed by atoms with Gasteiger partial charge in [-0.05, 0) is 55.4 Å². The van der Waals surface area contributed by atoms with Crippen LogP contribution in [0.3, 0.4) is 0 Å². The van der Waals surface area contributed by atoms with Crippen molar-refractivity contribution in [3.05, 3.63) is 35.1 Å². The summed E-state index contributed by atoms with van der Waals surface area (Å²) in [6, 6.07) is 4.35. The lowest BCUT2D eigenvalue weighted by Crippen LogP contribution is -2.41. The van der Waals surface area contributed by atoms with Crippen molar-refractivity contribution in [3.8, 4) is 0 Å². The van der Waals surface area contributed by atoms with Gasteiger partial charge in [-0.15, -0.1) is 0 Å². The second kappa shape index (κ2) is 5.34. The Balaban J connectivity index is 1.84. The molecule has 0 amide bonds. The van der Waals surface area contributed by atoms with Gasteiger partial charge in [-0.1, -0.05) is 6.07 Å². The van der Waals surface area contributed by atoms with Crippen molar-refractivity contribution < 1.29 is 17.5 Å². The Morgan fingerprint density at radius 1 is 1.43 bits per heavy atom. The van der Waals surface area contributed by atoms with E-state index in [2.05, 4.69) is 4.72 Å². The Bertz CT molecular complexity index is 640. The maximum atomic E-state index is 13.3. The first-order chi connectivity index (χ1) is 9.97. The molecule has 1 N–H and O–H groups in total. The average molecular weight is 313 g/mol. The summed E-state index contributed by atoms with van der Waals surface area (Å²) in [5.41, 5.74) is 1.81. The number of nitrogens with one attached hydrogen (secondary N) is 1. The lowest BCUT2D eigenvalue weighted by atomic mass is 9.88. The van der Waals surface area contributed by atoms with Gasteiger partial charge in [-0.3, -0.25) is 0 Å². The summed E-state index contributed by atoms with van der Waals surface area (Å²) >= 11 is 0. The van der Waals surface area contributed by atoms with E-state index < -0.39 is 14.8 Å². The number of hydrogen-bond acceptors (Lipinski definition) is 3. The average Bonchev–Trinajstić information content (AvgIpc) is 3.20. The number of ether oxygens (including phenoxy) is 1. The molecule has 0 aromatic heterocycles. The number of hydrogen-bond donors (Lipinski definition) is 1. The van der Waals surface area contributed by atoms with Crippen LogP contribution in [-0.4, -0.2) is 26.9 Å². The third-order valence-corrected chi connectivity index (χ3v) is 6.76. The fraction of sp³-hybridized carbons (Fsp3) is 0.600. The number of sulfonamides is 1. The third kappa shape index (κ3) is 2.72. The van der Waals surface area contributed by atoms with E-state index in [1.807, 2.05) is 0 Å². The Kier molecular flexibility index (Phi) is 3.80. The maximum Gasteiger partial charge on any atom is 0.220 e. The van der Waals surface area contributed by atoms with E-state index in [4.69, 9.17) is 4.74 Å². The summed E-state index contributed by atoms with van der Waals surface area (Å²) in [5.74, 6) is -0.268. The fourth-order valence-corrected chi connectivity index (χ4v) is 4.89. The van der Waals surface area contributed by atoms with Gasteiger partial charge < -0.3 is 4.74 Å². The second-order valence-corrected chi connectivity index (χ2v) is 8.13. The minimum atomic E-state index is -3.43. The Morgan fingerprint density at radius 2 is 2.19 bits per heavy atom. The first kappa shape index (κ1) is 14.9. The summed E-state index contributed by atoms with van der Waals surface area (Å²) in [5, 5.41) is 0. The molecule has 1 fully saturated rings. The number of methoxy groups -OCH3 is 1. The summed E-state index contributed by atoms with van der Waals surface area (Å²) < 4.78 is 45.6. The number of benzene rings is 1. The molecule has 1 aromatic carbocycles. The van der Waals surface area contributed by atoms with E-state index >= 15 is 0 Å². The van der Waals surface area contributed by atoms with Gasteiger partial charge >= 0.3 is 0 Å². The van der Waals surface area contributed by atoms with Crippen LogP contribution in [0, 0.1) is 5.82 Å². The molecule has 21 heavy (non-hydrogen) atoms. The summed E-state index contributed by atoms with van der Waals surface area (Å²) in [4.78, 5) is 0. The molecular formula is C15H20FNO3S. The zero-order valence-corrected chi connectivity index (χ0v) is 12.9. The van der Waals surface area contributed by atoms with E-state index in [0.29, 0.717) is 12.8 Å². The molecule has 0 radical (unpaired) electrons. The standard InChI is InChI=1S/C15H20FNO3S/c1-20-10-15(7-8-15)21(18,19)17-14-4-2-3-11-9-12(16)5-6-13(11)14/h5-6,9,14,17H,2-4,7-8,10H2,1H3. The van der Waals surface area contributed by atoms with Gasteiger partial charge in [0.1, 0.15) is 10.6 Å². The van der Waals surface area contributed by atoms with Crippen LogP contribution in [0.5, 0.6) is 0 Å². The van der Waals surface area contributed by atoms with Crippen molar-refractivity contribution in [2.24, 2.45) is 0 Å². The number of aryl methyl sites for hydroxylation is 1. The Hall–Kier alpha value is -0.980. The van der Waals surface area contributed by atoms with E-state index in [1.165, 1.54) is 19.2 Å². The van der Waals surface area contributed by atoms with Crippen molar-refractivity contribution in [2.45, 2.75) is 42.9 Å². The highest BCUT2D eigenvalue weighted by Gasteiger charge is 2.55. The van der Waals surface area contributed by atoms with Crippen LogP contribution in [-0.2, 0) is 21.2 Å². The first-order valence-corrected chi connectivity index (χ1v) is 8.75. The van der Waals surface area contributed by atoms with Crippen LogP contribution in [0.4, 0.5) is 4.39 Å². The molecule has 1 saturated carbocycles. The van der Waals surface area contributed by atoms with Crippen LogP contribution in [0.2, 0.25) is 0 Å². The quantitative estimate of drug-likeness (QED) is 0.907. The van der Waals surface area contributed by atoms with Gasteiger partial charge in [-0.25, -0.2) is 17.5 Å². The predicted molar refractivity (Wildman–Crippen MR) is 78.0 cm³/mol. The van der Waals surface area contributed by atoms with E-state index in [0.717, 1.165) is 30.4 Å². The molecule has 0 heterocycles. The normalized spacial score (nSPS) is 23.6. The highest BCUT2D eigenvalue weighted by Crippen LogP contribution is 2.44. The van der Waals surface area contributed by atoms with E-state index in [1.54, 1.807) is 6.07 Å². The molecule has 2 aliphatic rings. The largest absolute Gasteiger partial charge is 0.383 e. The third-order valence-electron chi connectivity index (χ3n) is 4.50. The monoisotopic (exact) mass is 313 g/mol. The van der Waals surface area contributed by atoms with Crippen LogP contribution in [0.15, 0.2) is 18.2 Å². The molecule has 0 spiro atoms. The maximum absolute atomic E-state index is 13.3. The molecule has 0 bridgehead atoms. The second-order valence-electron chi connectivity index (χ2n) is 6.03. The predicted octanol–water partition coefficient (Wildman–Crippen LogP) is 2.30. The highest BCUT2D eigenvalue weighted by atomic mass is 32.2. The van der Waals surface area contributed by atoms with Gasteiger partial charge in [0.05, 0.1) is 6.61 Å². The SMILES string of the molecule is COCC1(S(=O)(=O)NC2CCCc3cc(F)ccc32)CC1. The van der Waals surface area contributed by atoms with Crippen molar-refractivity contribution in [2.75, 3.05) is 13.7 Å².